The van der Waals surface area contributed by atoms with E-state index in [1.807, 2.05) is 50.2 Å². The molecule has 1 heterocycles. The molecule has 4 nitrogen and oxygen atoms in total. The zero-order valence-electron chi connectivity index (χ0n) is 12.8. The van der Waals surface area contributed by atoms with Crippen molar-refractivity contribution in [3.05, 3.63) is 53.3 Å². The van der Waals surface area contributed by atoms with Crippen molar-refractivity contribution in [3.63, 3.8) is 0 Å². The van der Waals surface area contributed by atoms with Crippen LogP contribution < -0.4 is 15.2 Å². The number of ether oxygens (including phenoxy) is 2. The number of rotatable bonds is 6. The molecule has 112 valence electrons. The summed E-state index contributed by atoms with van der Waals surface area (Å²) in [4.78, 5) is 4.44. The van der Waals surface area contributed by atoms with Gasteiger partial charge in [0.25, 0.3) is 0 Å². The summed E-state index contributed by atoms with van der Waals surface area (Å²) in [5, 5.41) is 0. The Kier molecular flexibility index (Phi) is 5.17. The fraction of sp³-hybridized carbons (Fsp3) is 0.353. The monoisotopic (exact) mass is 286 g/mol. The van der Waals surface area contributed by atoms with Crippen molar-refractivity contribution in [2.45, 2.75) is 32.9 Å². The Labute approximate surface area is 125 Å². The lowest BCUT2D eigenvalue weighted by molar-refractivity contribution is 0.296. The minimum absolute atomic E-state index is 0.0663. The van der Waals surface area contributed by atoms with Gasteiger partial charge in [0.1, 0.15) is 18.1 Å². The van der Waals surface area contributed by atoms with Crippen LogP contribution in [0, 0.1) is 6.92 Å². The molecule has 0 spiro atoms. The van der Waals surface area contributed by atoms with Crippen LogP contribution >= 0.6 is 0 Å². The summed E-state index contributed by atoms with van der Waals surface area (Å²) in [5.41, 5.74) is 8.86. The Bertz CT molecular complexity index is 597. The molecule has 2 N–H and O–H groups in total. The van der Waals surface area contributed by atoms with E-state index in [9.17, 15) is 0 Å². The van der Waals surface area contributed by atoms with Crippen molar-refractivity contribution in [2.75, 3.05) is 7.11 Å². The average molecular weight is 286 g/mol. The predicted molar refractivity (Wildman–Crippen MR) is 83.7 cm³/mol. The Balaban J connectivity index is 2.14. The lowest BCUT2D eigenvalue weighted by Gasteiger charge is -2.14. The van der Waals surface area contributed by atoms with Gasteiger partial charge < -0.3 is 15.2 Å². The van der Waals surface area contributed by atoms with E-state index in [2.05, 4.69) is 4.98 Å². The molecule has 1 unspecified atom stereocenters. The number of hydrogen-bond donors (Lipinski definition) is 1. The van der Waals surface area contributed by atoms with Gasteiger partial charge >= 0.3 is 0 Å². The summed E-state index contributed by atoms with van der Waals surface area (Å²) in [7, 11) is 1.65. The van der Waals surface area contributed by atoms with E-state index in [-0.39, 0.29) is 6.04 Å². The summed E-state index contributed by atoms with van der Waals surface area (Å²) in [5.74, 6) is 1.64. The zero-order valence-corrected chi connectivity index (χ0v) is 12.8. The SMILES string of the molecule is COc1ccc(OCc2cccc(C)n2)c(CC(C)N)c1. The first-order valence-electron chi connectivity index (χ1n) is 7.06. The molecular weight excluding hydrogens is 264 g/mol. The van der Waals surface area contributed by atoms with E-state index < -0.39 is 0 Å². The number of methoxy groups -OCH3 is 1. The number of nitrogens with two attached hydrogens (primary N) is 1. The van der Waals surface area contributed by atoms with E-state index in [4.69, 9.17) is 15.2 Å². The number of hydrogen-bond acceptors (Lipinski definition) is 4. The van der Waals surface area contributed by atoms with Crippen molar-refractivity contribution in [1.29, 1.82) is 0 Å². The lowest BCUT2D eigenvalue weighted by Crippen LogP contribution is -2.18. The van der Waals surface area contributed by atoms with Crippen LogP contribution in [-0.2, 0) is 13.0 Å². The molecule has 0 aliphatic carbocycles. The lowest BCUT2D eigenvalue weighted by atomic mass is 10.1. The van der Waals surface area contributed by atoms with Gasteiger partial charge in [0.15, 0.2) is 0 Å². The van der Waals surface area contributed by atoms with Crippen LogP contribution in [-0.4, -0.2) is 18.1 Å². The van der Waals surface area contributed by atoms with E-state index in [0.29, 0.717) is 6.61 Å². The highest BCUT2D eigenvalue weighted by molar-refractivity contribution is 5.40. The second kappa shape index (κ2) is 7.09. The van der Waals surface area contributed by atoms with Gasteiger partial charge in [0.05, 0.1) is 12.8 Å². The van der Waals surface area contributed by atoms with E-state index in [1.54, 1.807) is 7.11 Å². The standard InChI is InChI=1S/C17H22N2O2/c1-12(18)9-14-10-16(20-3)7-8-17(14)21-11-15-6-4-5-13(2)19-15/h4-8,10,12H,9,11,18H2,1-3H3. The molecule has 0 aliphatic heterocycles. The van der Waals surface area contributed by atoms with Gasteiger partial charge in [-0.25, -0.2) is 0 Å². The maximum absolute atomic E-state index is 5.90. The van der Waals surface area contributed by atoms with Crippen molar-refractivity contribution < 1.29 is 9.47 Å². The van der Waals surface area contributed by atoms with Crippen LogP contribution in [0.5, 0.6) is 11.5 Å². The quantitative estimate of drug-likeness (QED) is 0.887. The highest BCUT2D eigenvalue weighted by Crippen LogP contribution is 2.26. The number of nitrogens with zero attached hydrogens (tertiary/aromatic N) is 1. The Hall–Kier alpha value is -2.07. The van der Waals surface area contributed by atoms with Crippen LogP contribution in [0.1, 0.15) is 23.9 Å². The largest absolute Gasteiger partial charge is 0.497 e. The number of aromatic nitrogens is 1. The normalized spacial score (nSPS) is 12.0. The van der Waals surface area contributed by atoms with Crippen molar-refractivity contribution in [1.82, 2.24) is 4.98 Å². The van der Waals surface area contributed by atoms with Gasteiger partial charge in [-0.3, -0.25) is 4.98 Å². The topological polar surface area (TPSA) is 57.4 Å². The molecule has 1 atom stereocenters. The van der Waals surface area contributed by atoms with Crippen molar-refractivity contribution in [3.8, 4) is 11.5 Å². The summed E-state index contributed by atoms with van der Waals surface area (Å²) in [6, 6.07) is 11.8. The second-order valence-corrected chi connectivity index (χ2v) is 5.21. The third-order valence-electron chi connectivity index (χ3n) is 3.13. The fourth-order valence-electron chi connectivity index (χ4n) is 2.16. The number of aryl methyl sites for hydroxylation is 1. The molecule has 4 heteroatoms. The molecule has 21 heavy (non-hydrogen) atoms. The van der Waals surface area contributed by atoms with Crippen LogP contribution in [0.15, 0.2) is 36.4 Å². The average Bonchev–Trinajstić information content (AvgIpc) is 2.45. The number of pyridine rings is 1. The van der Waals surface area contributed by atoms with Crippen LogP contribution in [0.3, 0.4) is 0 Å². The first kappa shape index (κ1) is 15.3. The Morgan fingerprint density at radius 2 is 2.05 bits per heavy atom. The third-order valence-corrected chi connectivity index (χ3v) is 3.13. The van der Waals surface area contributed by atoms with E-state index in [0.717, 1.165) is 34.9 Å². The zero-order chi connectivity index (χ0) is 15.2. The van der Waals surface area contributed by atoms with Crippen LogP contribution in [0.4, 0.5) is 0 Å². The smallest absolute Gasteiger partial charge is 0.130 e. The van der Waals surface area contributed by atoms with Gasteiger partial charge in [-0.15, -0.1) is 0 Å². The maximum atomic E-state index is 5.90. The molecule has 0 fully saturated rings. The van der Waals surface area contributed by atoms with Gasteiger partial charge in [-0.05, 0) is 56.2 Å². The minimum Gasteiger partial charge on any atom is -0.497 e. The molecule has 0 radical (unpaired) electrons. The Morgan fingerprint density at radius 1 is 1.24 bits per heavy atom. The molecule has 2 aromatic rings. The van der Waals surface area contributed by atoms with Gasteiger partial charge in [0.2, 0.25) is 0 Å². The molecule has 2 rings (SSSR count). The summed E-state index contributed by atoms with van der Waals surface area (Å²) in [6.07, 6.45) is 0.744. The van der Waals surface area contributed by atoms with Crippen molar-refractivity contribution in [2.24, 2.45) is 5.73 Å². The van der Waals surface area contributed by atoms with Gasteiger partial charge in [-0.1, -0.05) is 6.07 Å². The third kappa shape index (κ3) is 4.46. The van der Waals surface area contributed by atoms with E-state index >= 15 is 0 Å². The second-order valence-electron chi connectivity index (χ2n) is 5.21. The van der Waals surface area contributed by atoms with Gasteiger partial charge in [0, 0.05) is 11.7 Å². The highest BCUT2D eigenvalue weighted by Gasteiger charge is 2.09. The van der Waals surface area contributed by atoms with Crippen LogP contribution in [0.25, 0.3) is 0 Å². The number of benzene rings is 1. The fourth-order valence-corrected chi connectivity index (χ4v) is 2.16. The maximum Gasteiger partial charge on any atom is 0.130 e. The van der Waals surface area contributed by atoms with Crippen molar-refractivity contribution >= 4 is 0 Å². The van der Waals surface area contributed by atoms with Gasteiger partial charge in [-0.2, -0.15) is 0 Å². The molecule has 1 aromatic heterocycles. The molecule has 0 bridgehead atoms. The summed E-state index contributed by atoms with van der Waals surface area (Å²) < 4.78 is 11.2. The molecule has 0 aliphatic rings. The summed E-state index contributed by atoms with van der Waals surface area (Å²) >= 11 is 0. The molecule has 0 amide bonds. The Morgan fingerprint density at radius 3 is 2.71 bits per heavy atom. The molecule has 0 saturated carbocycles. The molecular formula is C17H22N2O2. The highest BCUT2D eigenvalue weighted by atomic mass is 16.5. The summed E-state index contributed by atoms with van der Waals surface area (Å²) in [6.45, 7) is 4.39. The van der Waals surface area contributed by atoms with Crippen LogP contribution in [0.2, 0.25) is 0 Å². The minimum atomic E-state index is 0.0663. The van der Waals surface area contributed by atoms with E-state index in [1.165, 1.54) is 0 Å². The molecule has 1 aromatic carbocycles. The predicted octanol–water partition coefficient (Wildman–Crippen LogP) is 2.87. The molecule has 0 saturated heterocycles. The first-order chi connectivity index (χ1) is 10.1. The first-order valence-corrected chi connectivity index (χ1v) is 7.06.